The smallest absolute Gasteiger partial charge is 0.247 e. The molecule has 1 unspecified atom stereocenters. The van der Waals surface area contributed by atoms with Gasteiger partial charge >= 0.3 is 0 Å². The van der Waals surface area contributed by atoms with Gasteiger partial charge in [0.05, 0.1) is 35.8 Å². The molecule has 5 rings (SSSR count). The maximum atomic E-state index is 14.2. The lowest BCUT2D eigenvalue weighted by Gasteiger charge is -2.41. The number of nitrogens with zero attached hydrogens (tertiary/aromatic N) is 3. The normalized spacial score (nSPS) is 31.6. The van der Waals surface area contributed by atoms with E-state index in [1.54, 1.807) is 33.4 Å². The molecule has 0 radical (unpaired) electrons. The molecule has 1 N–H and O–H groups in total. The van der Waals surface area contributed by atoms with E-state index in [-0.39, 0.29) is 29.6 Å². The van der Waals surface area contributed by atoms with Crippen LogP contribution in [0.2, 0.25) is 0 Å². The Hall–Kier alpha value is -2.78. The number of anilines is 1. The van der Waals surface area contributed by atoms with E-state index in [0.29, 0.717) is 19.7 Å². The molecule has 0 aromatic heterocycles. The van der Waals surface area contributed by atoms with Crippen molar-refractivity contribution in [2.45, 2.75) is 62.2 Å². The number of hydrogen-bond donors (Lipinski definition) is 1. The first kappa shape index (κ1) is 26.8. The van der Waals surface area contributed by atoms with Gasteiger partial charge in [-0.15, -0.1) is 11.8 Å². The van der Waals surface area contributed by atoms with E-state index >= 15 is 0 Å². The van der Waals surface area contributed by atoms with Gasteiger partial charge in [-0.25, -0.2) is 0 Å². The van der Waals surface area contributed by atoms with Crippen LogP contribution in [0.1, 0.15) is 34.6 Å². The third-order valence-electron chi connectivity index (χ3n) is 8.10. The fourth-order valence-electron chi connectivity index (χ4n) is 6.36. The average molecular weight is 540 g/mol. The van der Waals surface area contributed by atoms with Crippen molar-refractivity contribution in [2.75, 3.05) is 31.2 Å². The largest absolute Gasteiger partial charge is 0.494 e. The molecule has 1 spiro atoms. The number of fused-ring (bicyclic) bond motifs is 2. The van der Waals surface area contributed by atoms with Crippen molar-refractivity contribution in [1.82, 2.24) is 9.80 Å². The number of likely N-dealkylation sites (tertiary alicyclic amines) is 1. The Kier molecular flexibility index (Phi) is 6.88. The van der Waals surface area contributed by atoms with Gasteiger partial charge in [-0.2, -0.15) is 0 Å². The summed E-state index contributed by atoms with van der Waals surface area (Å²) in [5.74, 6) is -1.10. The van der Waals surface area contributed by atoms with E-state index in [0.717, 1.165) is 11.4 Å². The Balaban J connectivity index is 1.58. The second kappa shape index (κ2) is 9.75. The molecular formula is C29H37N3O5S. The highest BCUT2D eigenvalue weighted by atomic mass is 32.2. The van der Waals surface area contributed by atoms with Gasteiger partial charge in [-0.05, 0) is 58.9 Å². The second-order valence-electron chi connectivity index (χ2n) is 11.4. The van der Waals surface area contributed by atoms with Gasteiger partial charge in [0.25, 0.3) is 0 Å². The lowest BCUT2D eigenvalue weighted by molar-refractivity contribution is -0.147. The van der Waals surface area contributed by atoms with E-state index in [1.807, 2.05) is 76.3 Å². The molecule has 38 heavy (non-hydrogen) atoms. The van der Waals surface area contributed by atoms with Crippen LogP contribution in [0.3, 0.4) is 0 Å². The molecule has 0 bridgehead atoms. The quantitative estimate of drug-likeness (QED) is 0.579. The van der Waals surface area contributed by atoms with Crippen molar-refractivity contribution in [3.8, 4) is 5.75 Å². The van der Waals surface area contributed by atoms with Crippen LogP contribution >= 0.6 is 11.8 Å². The minimum atomic E-state index is -0.894. The molecule has 4 heterocycles. The van der Waals surface area contributed by atoms with E-state index in [4.69, 9.17) is 4.74 Å². The molecule has 4 aliphatic heterocycles. The third kappa shape index (κ3) is 4.06. The predicted molar refractivity (Wildman–Crippen MR) is 148 cm³/mol. The van der Waals surface area contributed by atoms with Crippen LogP contribution in [0.25, 0.3) is 0 Å². The summed E-state index contributed by atoms with van der Waals surface area (Å²) < 4.78 is 4.67. The number of carbonyl (C=O) groups excluding carboxylic acids is 3. The summed E-state index contributed by atoms with van der Waals surface area (Å²) in [6, 6.07) is 6.08. The molecule has 4 aliphatic rings. The molecule has 8 nitrogen and oxygen atoms in total. The number of amides is 3. The van der Waals surface area contributed by atoms with Crippen LogP contribution < -0.4 is 9.64 Å². The number of aliphatic hydroxyl groups excluding tert-OH is 1. The molecule has 1 aromatic carbocycles. The first-order chi connectivity index (χ1) is 18.0. The number of benzene rings is 1. The third-order valence-corrected chi connectivity index (χ3v) is 9.85. The molecule has 2 saturated heterocycles. The Labute approximate surface area is 228 Å². The van der Waals surface area contributed by atoms with Crippen LogP contribution in [0.15, 0.2) is 48.6 Å². The summed E-state index contributed by atoms with van der Waals surface area (Å²) in [6.45, 7) is 10.8. The van der Waals surface area contributed by atoms with Crippen LogP contribution in [0.5, 0.6) is 5.75 Å². The highest BCUT2D eigenvalue weighted by Gasteiger charge is 2.71. The van der Waals surface area contributed by atoms with E-state index < -0.39 is 34.2 Å². The van der Waals surface area contributed by atoms with Gasteiger partial charge in [-0.3, -0.25) is 14.4 Å². The Morgan fingerprint density at radius 2 is 1.79 bits per heavy atom. The van der Waals surface area contributed by atoms with Crippen LogP contribution in [-0.4, -0.2) is 86.6 Å². The van der Waals surface area contributed by atoms with Gasteiger partial charge in [0, 0.05) is 29.6 Å². The second-order valence-corrected chi connectivity index (χ2v) is 12.9. The molecular weight excluding hydrogens is 502 g/mol. The molecule has 1 aromatic rings. The molecule has 204 valence electrons. The summed E-state index contributed by atoms with van der Waals surface area (Å²) in [5, 5.41) is 9.85. The summed E-state index contributed by atoms with van der Waals surface area (Å²) in [6.07, 6.45) is 8.01. The standard InChI is InChI=1S/C29H37N3O5S/c1-6-37-20-12-10-19(11-13-20)30-15-7-9-21-22(25(30)34)23-26(35)32(18(2)17-33)24-27(36)31(28(3,4)5)16-8-14-29(23,24)38-21/h7-14,18,21-24,33H,6,15-17H2,1-5H3/t18-,21+,22-,23+,24?,29+/m1/s1. The highest BCUT2D eigenvalue weighted by Crippen LogP contribution is 2.61. The Morgan fingerprint density at radius 1 is 1.08 bits per heavy atom. The minimum absolute atomic E-state index is 0.123. The fourth-order valence-corrected chi connectivity index (χ4v) is 8.36. The van der Waals surface area contributed by atoms with Crippen LogP contribution in [-0.2, 0) is 14.4 Å². The molecule has 9 heteroatoms. The van der Waals surface area contributed by atoms with Crippen molar-refractivity contribution in [3.63, 3.8) is 0 Å². The van der Waals surface area contributed by atoms with E-state index in [9.17, 15) is 19.5 Å². The number of rotatable bonds is 5. The van der Waals surface area contributed by atoms with Gasteiger partial charge in [0.2, 0.25) is 17.7 Å². The summed E-state index contributed by atoms with van der Waals surface area (Å²) >= 11 is 1.55. The van der Waals surface area contributed by atoms with Crippen molar-refractivity contribution >= 4 is 35.2 Å². The summed E-state index contributed by atoms with van der Waals surface area (Å²) in [7, 11) is 0. The average Bonchev–Trinajstić information content (AvgIpc) is 3.19. The molecule has 0 aliphatic carbocycles. The highest BCUT2D eigenvalue weighted by molar-refractivity contribution is 8.02. The minimum Gasteiger partial charge on any atom is -0.494 e. The van der Waals surface area contributed by atoms with Crippen molar-refractivity contribution in [2.24, 2.45) is 11.8 Å². The van der Waals surface area contributed by atoms with Crippen molar-refractivity contribution < 1.29 is 24.2 Å². The first-order valence-electron chi connectivity index (χ1n) is 13.4. The lowest BCUT2D eigenvalue weighted by atomic mass is 9.78. The topological polar surface area (TPSA) is 90.4 Å². The SMILES string of the molecule is CCOc1ccc(N2CC=C[C@@H]3S[C@]45C=CCN(C(C)(C)C)C(=O)C4N([C@H](C)CO)C(=O)[C@@H]5[C@@H]3C2=O)cc1. The number of carbonyl (C=O) groups is 3. The maximum absolute atomic E-state index is 14.2. The zero-order valence-corrected chi connectivity index (χ0v) is 23.5. The zero-order valence-electron chi connectivity index (χ0n) is 22.7. The number of hydrogen-bond acceptors (Lipinski definition) is 6. The van der Waals surface area contributed by atoms with E-state index in [2.05, 4.69) is 0 Å². The number of thioether (sulfide) groups is 1. The van der Waals surface area contributed by atoms with Gasteiger partial charge in [-0.1, -0.05) is 24.3 Å². The molecule has 6 atom stereocenters. The lowest BCUT2D eigenvalue weighted by Crippen LogP contribution is -2.59. The monoisotopic (exact) mass is 539 g/mol. The van der Waals surface area contributed by atoms with Crippen molar-refractivity contribution in [3.05, 3.63) is 48.6 Å². The van der Waals surface area contributed by atoms with Crippen molar-refractivity contribution in [1.29, 1.82) is 0 Å². The molecule has 3 amide bonds. The number of ether oxygens (including phenoxy) is 1. The molecule has 0 saturated carbocycles. The summed E-state index contributed by atoms with van der Waals surface area (Å²) in [4.78, 5) is 47.7. The zero-order chi connectivity index (χ0) is 27.4. The van der Waals surface area contributed by atoms with Gasteiger partial charge < -0.3 is 24.5 Å². The Morgan fingerprint density at radius 3 is 2.42 bits per heavy atom. The fraction of sp³-hybridized carbons (Fsp3) is 0.552. The van der Waals surface area contributed by atoms with Gasteiger partial charge in [0.15, 0.2) is 0 Å². The maximum Gasteiger partial charge on any atom is 0.247 e. The van der Waals surface area contributed by atoms with Crippen LogP contribution in [0.4, 0.5) is 5.69 Å². The first-order valence-corrected chi connectivity index (χ1v) is 14.2. The van der Waals surface area contributed by atoms with Crippen LogP contribution in [0, 0.1) is 11.8 Å². The summed E-state index contributed by atoms with van der Waals surface area (Å²) in [5.41, 5.74) is 0.291. The van der Waals surface area contributed by atoms with E-state index in [1.165, 1.54) is 0 Å². The Bertz CT molecular complexity index is 1180. The number of aliphatic hydroxyl groups is 1. The molecule has 2 fully saturated rings. The van der Waals surface area contributed by atoms with Gasteiger partial charge in [0.1, 0.15) is 11.8 Å². The predicted octanol–water partition coefficient (Wildman–Crippen LogP) is 2.86.